The van der Waals surface area contributed by atoms with Crippen molar-refractivity contribution in [3.63, 3.8) is 0 Å². The molecule has 0 bridgehead atoms. The average molecular weight is 284 g/mol. The fourth-order valence-corrected chi connectivity index (χ4v) is 1.69. The van der Waals surface area contributed by atoms with Crippen LogP contribution in [0.4, 0.5) is 13.2 Å². The first-order chi connectivity index (χ1) is 8.78. The molecule has 0 atom stereocenters. The minimum Gasteiger partial charge on any atom is -0.480 e. The van der Waals surface area contributed by atoms with Crippen molar-refractivity contribution in [1.29, 1.82) is 0 Å². The number of hydrogen-bond donors (Lipinski definition) is 1. The Hall–Kier alpha value is -1.35. The number of piperazine rings is 1. The van der Waals surface area contributed by atoms with E-state index in [0.29, 0.717) is 26.2 Å². The maximum absolute atomic E-state index is 11.8. The minimum atomic E-state index is -4.44. The molecule has 1 saturated heterocycles. The summed E-state index contributed by atoms with van der Waals surface area (Å²) in [4.78, 5) is 25.0. The van der Waals surface area contributed by atoms with E-state index < -0.39 is 31.3 Å². The van der Waals surface area contributed by atoms with Crippen LogP contribution in [0.15, 0.2) is 0 Å². The second kappa shape index (κ2) is 6.71. The van der Waals surface area contributed by atoms with Gasteiger partial charge >= 0.3 is 12.1 Å². The SMILES string of the molecule is O=C(O)CN1CCN(C(=O)COCC(F)(F)F)CC1. The number of halogens is 3. The maximum atomic E-state index is 11.8. The van der Waals surface area contributed by atoms with E-state index in [0.717, 1.165) is 0 Å². The van der Waals surface area contributed by atoms with E-state index in [1.807, 2.05) is 0 Å². The van der Waals surface area contributed by atoms with Crippen LogP contribution in [0.1, 0.15) is 0 Å². The third-order valence-electron chi connectivity index (χ3n) is 2.58. The summed E-state index contributed by atoms with van der Waals surface area (Å²) in [6.45, 7) is -0.805. The zero-order valence-corrected chi connectivity index (χ0v) is 10.2. The summed E-state index contributed by atoms with van der Waals surface area (Å²) < 4.78 is 39.7. The molecule has 1 fully saturated rings. The number of amides is 1. The second-order valence-corrected chi connectivity index (χ2v) is 4.16. The molecule has 6 nitrogen and oxygen atoms in total. The van der Waals surface area contributed by atoms with Crippen molar-refractivity contribution in [3.8, 4) is 0 Å². The van der Waals surface area contributed by atoms with Gasteiger partial charge in [0.15, 0.2) is 0 Å². The smallest absolute Gasteiger partial charge is 0.411 e. The van der Waals surface area contributed by atoms with Crippen molar-refractivity contribution < 1.29 is 32.6 Å². The van der Waals surface area contributed by atoms with Crippen LogP contribution in [0.2, 0.25) is 0 Å². The monoisotopic (exact) mass is 284 g/mol. The Morgan fingerprint density at radius 2 is 1.74 bits per heavy atom. The first-order valence-corrected chi connectivity index (χ1v) is 5.64. The predicted octanol–water partition coefficient (Wildman–Crippen LogP) is -0.206. The Labute approximate surface area is 107 Å². The summed E-state index contributed by atoms with van der Waals surface area (Å²) in [5.41, 5.74) is 0. The molecule has 19 heavy (non-hydrogen) atoms. The largest absolute Gasteiger partial charge is 0.480 e. The predicted molar refractivity (Wildman–Crippen MR) is 57.5 cm³/mol. The molecular formula is C10H15F3N2O4. The fraction of sp³-hybridized carbons (Fsp3) is 0.800. The van der Waals surface area contributed by atoms with Gasteiger partial charge in [-0.05, 0) is 0 Å². The Morgan fingerprint density at radius 1 is 1.16 bits per heavy atom. The highest BCUT2D eigenvalue weighted by molar-refractivity contribution is 5.77. The number of carbonyl (C=O) groups is 2. The number of aliphatic carboxylic acids is 1. The second-order valence-electron chi connectivity index (χ2n) is 4.16. The summed E-state index contributed by atoms with van der Waals surface area (Å²) in [6.07, 6.45) is -4.44. The minimum absolute atomic E-state index is 0.105. The molecule has 0 aromatic carbocycles. The fourth-order valence-electron chi connectivity index (χ4n) is 1.69. The molecule has 1 N–H and O–H groups in total. The van der Waals surface area contributed by atoms with Gasteiger partial charge in [0.2, 0.25) is 5.91 Å². The number of alkyl halides is 3. The van der Waals surface area contributed by atoms with Gasteiger partial charge in [0.25, 0.3) is 0 Å². The molecule has 1 amide bonds. The number of nitrogens with zero attached hydrogens (tertiary/aromatic N) is 2. The van der Waals surface area contributed by atoms with E-state index >= 15 is 0 Å². The Kier molecular flexibility index (Phi) is 5.55. The summed E-state index contributed by atoms with van der Waals surface area (Å²) >= 11 is 0. The number of ether oxygens (including phenoxy) is 1. The Bertz CT molecular complexity index is 327. The van der Waals surface area contributed by atoms with Gasteiger partial charge < -0.3 is 14.7 Å². The first-order valence-electron chi connectivity index (χ1n) is 5.64. The highest BCUT2D eigenvalue weighted by Gasteiger charge is 2.29. The molecule has 1 aliphatic rings. The molecule has 110 valence electrons. The zero-order chi connectivity index (χ0) is 14.5. The van der Waals surface area contributed by atoms with Gasteiger partial charge in [0.1, 0.15) is 13.2 Å². The molecule has 0 saturated carbocycles. The summed E-state index contributed by atoms with van der Waals surface area (Å²) in [7, 11) is 0. The molecule has 0 aliphatic carbocycles. The maximum Gasteiger partial charge on any atom is 0.411 e. The normalized spacial score (nSPS) is 17.5. The molecule has 0 aromatic heterocycles. The number of carbonyl (C=O) groups excluding carboxylic acids is 1. The number of carboxylic acids is 1. The van der Waals surface area contributed by atoms with Gasteiger partial charge in [-0.15, -0.1) is 0 Å². The van der Waals surface area contributed by atoms with Crippen LogP contribution in [0.3, 0.4) is 0 Å². The highest BCUT2D eigenvalue weighted by atomic mass is 19.4. The van der Waals surface area contributed by atoms with Crippen LogP contribution in [-0.4, -0.2) is 78.9 Å². The molecule has 1 rings (SSSR count). The van der Waals surface area contributed by atoms with E-state index in [4.69, 9.17) is 5.11 Å². The van der Waals surface area contributed by atoms with Crippen molar-refractivity contribution >= 4 is 11.9 Å². The van der Waals surface area contributed by atoms with Crippen LogP contribution in [-0.2, 0) is 14.3 Å². The summed E-state index contributed by atoms with van der Waals surface area (Å²) in [5, 5.41) is 8.58. The first kappa shape index (κ1) is 15.7. The van der Waals surface area contributed by atoms with Gasteiger partial charge in [-0.3, -0.25) is 14.5 Å². The van der Waals surface area contributed by atoms with Gasteiger partial charge in [-0.25, -0.2) is 0 Å². The summed E-state index contributed by atoms with van der Waals surface area (Å²) in [6, 6.07) is 0. The van der Waals surface area contributed by atoms with E-state index in [1.165, 1.54) is 4.90 Å². The van der Waals surface area contributed by atoms with Crippen molar-refractivity contribution in [2.24, 2.45) is 0 Å². The molecule has 0 radical (unpaired) electrons. The topological polar surface area (TPSA) is 70.1 Å². The van der Waals surface area contributed by atoms with Gasteiger partial charge in [-0.1, -0.05) is 0 Å². The lowest BCUT2D eigenvalue weighted by molar-refractivity contribution is -0.178. The van der Waals surface area contributed by atoms with E-state index in [2.05, 4.69) is 4.74 Å². The highest BCUT2D eigenvalue weighted by Crippen LogP contribution is 2.14. The van der Waals surface area contributed by atoms with Crippen LogP contribution in [0.25, 0.3) is 0 Å². The summed E-state index contributed by atoms with van der Waals surface area (Å²) in [5.74, 6) is -1.47. The molecule has 9 heteroatoms. The van der Waals surface area contributed by atoms with Gasteiger partial charge in [-0.2, -0.15) is 13.2 Å². The third-order valence-corrected chi connectivity index (χ3v) is 2.58. The zero-order valence-electron chi connectivity index (χ0n) is 10.2. The average Bonchev–Trinajstić information content (AvgIpc) is 2.27. The van der Waals surface area contributed by atoms with Crippen molar-refractivity contribution in [1.82, 2.24) is 9.80 Å². The standard InChI is InChI=1S/C10H15F3N2O4/c11-10(12,13)7-19-6-8(16)15-3-1-14(2-4-15)5-9(17)18/h1-7H2,(H,17,18). The van der Waals surface area contributed by atoms with E-state index in [-0.39, 0.29) is 6.54 Å². The van der Waals surface area contributed by atoms with Crippen LogP contribution in [0.5, 0.6) is 0 Å². The molecule has 1 heterocycles. The number of carboxylic acid groups (broad SMARTS) is 1. The molecule has 1 aliphatic heterocycles. The number of hydrogen-bond acceptors (Lipinski definition) is 4. The van der Waals surface area contributed by atoms with Crippen LogP contribution >= 0.6 is 0 Å². The Balaban J connectivity index is 2.23. The van der Waals surface area contributed by atoms with Crippen LogP contribution < -0.4 is 0 Å². The van der Waals surface area contributed by atoms with E-state index in [9.17, 15) is 22.8 Å². The molecule has 0 aromatic rings. The van der Waals surface area contributed by atoms with Crippen molar-refractivity contribution in [2.45, 2.75) is 6.18 Å². The molecular weight excluding hydrogens is 269 g/mol. The Morgan fingerprint density at radius 3 is 2.21 bits per heavy atom. The molecule has 0 unspecified atom stereocenters. The lowest BCUT2D eigenvalue weighted by Gasteiger charge is -2.33. The van der Waals surface area contributed by atoms with Crippen LogP contribution in [0, 0.1) is 0 Å². The number of rotatable bonds is 5. The van der Waals surface area contributed by atoms with E-state index in [1.54, 1.807) is 4.90 Å². The lowest BCUT2D eigenvalue weighted by Crippen LogP contribution is -2.50. The quantitative estimate of drug-likeness (QED) is 0.757. The lowest BCUT2D eigenvalue weighted by atomic mass is 10.3. The van der Waals surface area contributed by atoms with Gasteiger partial charge in [0, 0.05) is 26.2 Å². The van der Waals surface area contributed by atoms with Crippen molar-refractivity contribution in [3.05, 3.63) is 0 Å². The van der Waals surface area contributed by atoms with Gasteiger partial charge in [0.05, 0.1) is 6.54 Å². The molecule has 0 spiro atoms. The van der Waals surface area contributed by atoms with Crippen molar-refractivity contribution in [2.75, 3.05) is 45.9 Å². The third kappa shape index (κ3) is 6.39.